The Balaban J connectivity index is 1.67. The Morgan fingerprint density at radius 3 is 2.59 bits per heavy atom. The van der Waals surface area contributed by atoms with Gasteiger partial charge in [0.05, 0.1) is 0 Å². The molecule has 0 radical (unpaired) electrons. The third kappa shape index (κ3) is 5.83. The van der Waals surface area contributed by atoms with Crippen LogP contribution in [0.3, 0.4) is 0 Å². The summed E-state index contributed by atoms with van der Waals surface area (Å²) in [6, 6.07) is 8.05. The second-order valence-electron chi connectivity index (χ2n) is 5.65. The quantitative estimate of drug-likeness (QED) is 0.701. The lowest BCUT2D eigenvalue weighted by Gasteiger charge is -2.32. The van der Waals surface area contributed by atoms with Crippen LogP contribution < -0.4 is 10.6 Å². The van der Waals surface area contributed by atoms with Gasteiger partial charge in [0.2, 0.25) is 0 Å². The number of hydrogen-bond donors (Lipinski definition) is 3. The number of nitrogens with zero attached hydrogens (tertiary/aromatic N) is 1. The van der Waals surface area contributed by atoms with Gasteiger partial charge < -0.3 is 15.7 Å². The highest BCUT2D eigenvalue weighted by Crippen LogP contribution is 2.15. The zero-order valence-electron chi connectivity index (χ0n) is 12.7. The van der Waals surface area contributed by atoms with Crippen molar-refractivity contribution >= 4 is 17.6 Å². The molecule has 1 heterocycles. The molecule has 1 saturated heterocycles. The number of likely N-dealkylation sites (tertiary alicyclic amines) is 1. The normalized spacial score (nSPS) is 16.5. The number of nitrogens with one attached hydrogen (secondary N) is 2. The maximum absolute atomic E-state index is 11.7. The fraction of sp³-hybridized carbons (Fsp3) is 0.562. The Hall–Kier alpha value is -1.30. The van der Waals surface area contributed by atoms with Gasteiger partial charge in [0.1, 0.15) is 0 Å². The summed E-state index contributed by atoms with van der Waals surface area (Å²) in [5, 5.41) is 15.2. The first-order valence-electron chi connectivity index (χ1n) is 7.79. The van der Waals surface area contributed by atoms with Gasteiger partial charge in [-0.15, -0.1) is 0 Å². The number of hydrogen-bond acceptors (Lipinski definition) is 3. The molecule has 5 nitrogen and oxygen atoms in total. The number of carbonyl (C=O) groups excluding carboxylic acids is 1. The lowest BCUT2D eigenvalue weighted by Crippen LogP contribution is -2.47. The standard InChI is InChI=1S/C16H24ClN3O2/c17-14-4-2-13(3-5-14)12-20-9-6-15(7-10-20)19-16(22)18-8-1-11-21/h2-5,15,21H,1,6-12H2,(H2,18,19,22). The van der Waals surface area contributed by atoms with Crippen LogP contribution in [0.15, 0.2) is 24.3 Å². The van der Waals surface area contributed by atoms with Crippen molar-refractivity contribution in [3.05, 3.63) is 34.9 Å². The second-order valence-corrected chi connectivity index (χ2v) is 6.09. The van der Waals surface area contributed by atoms with E-state index in [9.17, 15) is 4.79 Å². The predicted octanol–water partition coefficient (Wildman–Crippen LogP) is 1.99. The molecule has 3 N–H and O–H groups in total. The second kappa shape index (κ2) is 8.98. The number of carbonyl (C=O) groups is 1. The van der Waals surface area contributed by atoms with Crippen molar-refractivity contribution < 1.29 is 9.90 Å². The highest BCUT2D eigenvalue weighted by Gasteiger charge is 2.20. The minimum atomic E-state index is -0.135. The first-order valence-corrected chi connectivity index (χ1v) is 8.17. The summed E-state index contributed by atoms with van der Waals surface area (Å²) in [4.78, 5) is 14.1. The maximum atomic E-state index is 11.7. The fourth-order valence-corrected chi connectivity index (χ4v) is 2.73. The van der Waals surface area contributed by atoms with Gasteiger partial charge in [0.15, 0.2) is 0 Å². The van der Waals surface area contributed by atoms with Crippen molar-refractivity contribution in [3.8, 4) is 0 Å². The van der Waals surface area contributed by atoms with Gasteiger partial charge >= 0.3 is 6.03 Å². The van der Waals surface area contributed by atoms with Gasteiger partial charge in [-0.25, -0.2) is 4.79 Å². The summed E-state index contributed by atoms with van der Waals surface area (Å²) in [7, 11) is 0. The van der Waals surface area contributed by atoms with Crippen LogP contribution >= 0.6 is 11.6 Å². The number of benzene rings is 1. The minimum absolute atomic E-state index is 0.101. The highest BCUT2D eigenvalue weighted by molar-refractivity contribution is 6.30. The van der Waals surface area contributed by atoms with E-state index in [4.69, 9.17) is 16.7 Å². The molecule has 0 spiro atoms. The van der Waals surface area contributed by atoms with Crippen LogP contribution in [0, 0.1) is 0 Å². The number of rotatable bonds is 6. The molecule has 1 fully saturated rings. The Bertz CT molecular complexity index is 459. The summed E-state index contributed by atoms with van der Waals surface area (Å²) in [5.74, 6) is 0. The van der Waals surface area contributed by atoms with Crippen molar-refractivity contribution in [3.63, 3.8) is 0 Å². The zero-order chi connectivity index (χ0) is 15.8. The van der Waals surface area contributed by atoms with Gasteiger partial charge in [-0.05, 0) is 37.0 Å². The zero-order valence-corrected chi connectivity index (χ0v) is 13.5. The van der Waals surface area contributed by atoms with Gasteiger partial charge in [0.25, 0.3) is 0 Å². The maximum Gasteiger partial charge on any atom is 0.315 e. The van der Waals surface area contributed by atoms with Crippen LogP contribution in [0.4, 0.5) is 4.79 Å². The van der Waals surface area contributed by atoms with Crippen molar-refractivity contribution in [1.29, 1.82) is 0 Å². The highest BCUT2D eigenvalue weighted by atomic mass is 35.5. The third-order valence-corrected chi connectivity index (χ3v) is 4.11. The van der Waals surface area contributed by atoms with E-state index < -0.39 is 0 Å². The average molecular weight is 326 g/mol. The first-order chi connectivity index (χ1) is 10.7. The molecule has 22 heavy (non-hydrogen) atoms. The number of amides is 2. The Kier molecular flexibility index (Phi) is 6.96. The van der Waals surface area contributed by atoms with Crippen molar-refractivity contribution in [1.82, 2.24) is 15.5 Å². The van der Waals surface area contributed by atoms with E-state index in [2.05, 4.69) is 27.7 Å². The number of aliphatic hydroxyl groups excluding tert-OH is 1. The minimum Gasteiger partial charge on any atom is -0.396 e. The number of aliphatic hydroxyl groups is 1. The topological polar surface area (TPSA) is 64.6 Å². The third-order valence-electron chi connectivity index (χ3n) is 3.86. The number of urea groups is 1. The van der Waals surface area contributed by atoms with Crippen molar-refractivity contribution in [2.45, 2.75) is 31.8 Å². The van der Waals surface area contributed by atoms with E-state index in [-0.39, 0.29) is 18.7 Å². The Morgan fingerprint density at radius 1 is 1.27 bits per heavy atom. The van der Waals surface area contributed by atoms with E-state index in [0.29, 0.717) is 13.0 Å². The molecule has 0 bridgehead atoms. The molecule has 1 aliphatic rings. The molecule has 1 aliphatic heterocycles. The smallest absolute Gasteiger partial charge is 0.315 e. The van der Waals surface area contributed by atoms with E-state index in [1.54, 1.807) is 0 Å². The molecular formula is C16H24ClN3O2. The summed E-state index contributed by atoms with van der Waals surface area (Å²) >= 11 is 5.89. The van der Waals surface area contributed by atoms with Crippen LogP contribution in [0.1, 0.15) is 24.8 Å². The van der Waals surface area contributed by atoms with Gasteiger partial charge in [-0.2, -0.15) is 0 Å². The Labute approximate surface area is 136 Å². The van der Waals surface area contributed by atoms with Crippen LogP contribution in [-0.2, 0) is 6.54 Å². The molecule has 1 aromatic carbocycles. The molecule has 1 aromatic rings. The molecule has 0 atom stereocenters. The van der Waals surface area contributed by atoms with Crippen LogP contribution in [-0.4, -0.2) is 48.3 Å². The van der Waals surface area contributed by atoms with Crippen molar-refractivity contribution in [2.75, 3.05) is 26.2 Å². The first kappa shape index (κ1) is 17.1. The fourth-order valence-electron chi connectivity index (χ4n) is 2.60. The summed E-state index contributed by atoms with van der Waals surface area (Å²) in [6.07, 6.45) is 2.51. The summed E-state index contributed by atoms with van der Waals surface area (Å²) in [6.45, 7) is 3.49. The molecule has 0 aromatic heterocycles. The molecule has 2 amide bonds. The lowest BCUT2D eigenvalue weighted by atomic mass is 10.0. The van der Waals surface area contributed by atoms with E-state index in [1.807, 2.05) is 12.1 Å². The van der Waals surface area contributed by atoms with Crippen LogP contribution in [0.2, 0.25) is 5.02 Å². The predicted molar refractivity (Wildman–Crippen MR) is 88.0 cm³/mol. The largest absolute Gasteiger partial charge is 0.396 e. The molecule has 0 saturated carbocycles. The summed E-state index contributed by atoms with van der Waals surface area (Å²) < 4.78 is 0. The van der Waals surface area contributed by atoms with Gasteiger partial charge in [-0.3, -0.25) is 4.90 Å². The number of piperidine rings is 1. The Morgan fingerprint density at radius 2 is 1.95 bits per heavy atom. The molecule has 6 heteroatoms. The monoisotopic (exact) mass is 325 g/mol. The molecule has 0 aliphatic carbocycles. The average Bonchev–Trinajstić information content (AvgIpc) is 2.52. The number of halogens is 1. The lowest BCUT2D eigenvalue weighted by molar-refractivity contribution is 0.186. The SMILES string of the molecule is O=C(NCCCO)NC1CCN(Cc2ccc(Cl)cc2)CC1. The van der Waals surface area contributed by atoms with Crippen molar-refractivity contribution in [2.24, 2.45) is 0 Å². The van der Waals surface area contributed by atoms with Gasteiger partial charge in [0, 0.05) is 43.9 Å². The summed E-state index contributed by atoms with van der Waals surface area (Å²) in [5.41, 5.74) is 1.26. The van der Waals surface area contributed by atoms with Crippen LogP contribution in [0.5, 0.6) is 0 Å². The molecule has 2 rings (SSSR count). The molecule has 0 unspecified atom stereocenters. The van der Waals surface area contributed by atoms with E-state index >= 15 is 0 Å². The molecule has 122 valence electrons. The van der Waals surface area contributed by atoms with E-state index in [0.717, 1.165) is 37.5 Å². The van der Waals surface area contributed by atoms with Crippen LogP contribution in [0.25, 0.3) is 0 Å². The van der Waals surface area contributed by atoms with Gasteiger partial charge in [-0.1, -0.05) is 23.7 Å². The van der Waals surface area contributed by atoms with E-state index in [1.165, 1.54) is 5.56 Å². The molecular weight excluding hydrogens is 302 g/mol.